The Balaban J connectivity index is 3.08. The lowest BCUT2D eigenvalue weighted by Crippen LogP contribution is -2.05. The molecule has 0 saturated carbocycles. The molecular formula is C9H17O3. The molecule has 3 heteroatoms. The fourth-order valence-corrected chi connectivity index (χ4v) is 0.783. The summed E-state index contributed by atoms with van der Waals surface area (Å²) in [7, 11) is 0. The quantitative estimate of drug-likeness (QED) is 0.436. The monoisotopic (exact) mass is 173 g/mol. The lowest BCUT2D eigenvalue weighted by Gasteiger charge is -2.02. The number of hydrogen-bond acceptors (Lipinski definition) is 2. The van der Waals surface area contributed by atoms with Crippen molar-refractivity contribution in [3.05, 3.63) is 0 Å². The molecule has 12 heavy (non-hydrogen) atoms. The van der Waals surface area contributed by atoms with Crippen LogP contribution in [0.2, 0.25) is 0 Å². The molecule has 0 aliphatic carbocycles. The van der Waals surface area contributed by atoms with Gasteiger partial charge in [0, 0.05) is 6.42 Å². The predicted octanol–water partition coefficient (Wildman–Crippen LogP) is 1.93. The van der Waals surface area contributed by atoms with Crippen LogP contribution in [0.3, 0.4) is 0 Å². The van der Waals surface area contributed by atoms with E-state index in [1.165, 1.54) is 0 Å². The molecule has 3 nitrogen and oxygen atoms in total. The van der Waals surface area contributed by atoms with Gasteiger partial charge in [-0.05, 0) is 19.3 Å². The van der Waals surface area contributed by atoms with Crippen molar-refractivity contribution in [2.75, 3.05) is 13.2 Å². The van der Waals surface area contributed by atoms with E-state index in [4.69, 9.17) is 4.74 Å². The molecule has 0 heterocycles. The van der Waals surface area contributed by atoms with Gasteiger partial charge in [0.05, 0.1) is 13.2 Å². The van der Waals surface area contributed by atoms with Gasteiger partial charge in [-0.3, -0.25) is 4.79 Å². The Morgan fingerprint density at radius 1 is 1.25 bits per heavy atom. The summed E-state index contributed by atoms with van der Waals surface area (Å²) in [6.45, 7) is 2.36. The zero-order valence-electron chi connectivity index (χ0n) is 7.67. The highest BCUT2D eigenvalue weighted by atomic mass is 16.5. The van der Waals surface area contributed by atoms with E-state index in [0.29, 0.717) is 25.9 Å². The third-order valence-electron chi connectivity index (χ3n) is 1.54. The third kappa shape index (κ3) is 7.54. The van der Waals surface area contributed by atoms with Crippen LogP contribution in [0.1, 0.15) is 39.0 Å². The van der Waals surface area contributed by atoms with Gasteiger partial charge in [-0.25, -0.2) is 5.11 Å². The molecule has 0 saturated heterocycles. The number of ether oxygens (including phenoxy) is 1. The maximum Gasteiger partial charge on any atom is 0.305 e. The first kappa shape index (κ1) is 11.4. The largest absolute Gasteiger partial charge is 0.466 e. The first-order chi connectivity index (χ1) is 5.81. The van der Waals surface area contributed by atoms with Crippen molar-refractivity contribution < 1.29 is 14.6 Å². The van der Waals surface area contributed by atoms with E-state index < -0.39 is 0 Å². The normalized spacial score (nSPS) is 9.83. The maximum atomic E-state index is 10.9. The maximum absolute atomic E-state index is 10.9. The van der Waals surface area contributed by atoms with Crippen LogP contribution < -0.4 is 0 Å². The van der Waals surface area contributed by atoms with Crippen LogP contribution in [0.25, 0.3) is 0 Å². The summed E-state index contributed by atoms with van der Waals surface area (Å²) in [5.41, 5.74) is 0. The summed E-state index contributed by atoms with van der Waals surface area (Å²) < 4.78 is 4.87. The van der Waals surface area contributed by atoms with Crippen LogP contribution in [0, 0.1) is 0 Å². The summed E-state index contributed by atoms with van der Waals surface area (Å²) >= 11 is 0. The van der Waals surface area contributed by atoms with E-state index >= 15 is 0 Å². The molecule has 0 aliphatic rings. The minimum atomic E-state index is -0.136. The lowest BCUT2D eigenvalue weighted by molar-refractivity contribution is -0.143. The molecule has 0 aliphatic heterocycles. The van der Waals surface area contributed by atoms with Gasteiger partial charge in [0.2, 0.25) is 0 Å². The van der Waals surface area contributed by atoms with Gasteiger partial charge in [-0.1, -0.05) is 13.3 Å². The molecule has 0 rings (SSSR count). The average molecular weight is 173 g/mol. The number of carbonyl (C=O) groups excluding carboxylic acids is 1. The smallest absolute Gasteiger partial charge is 0.305 e. The summed E-state index contributed by atoms with van der Waals surface area (Å²) in [5.74, 6) is -0.136. The molecule has 0 amide bonds. The summed E-state index contributed by atoms with van der Waals surface area (Å²) in [4.78, 5) is 10.9. The summed E-state index contributed by atoms with van der Waals surface area (Å²) in [6, 6.07) is 0. The van der Waals surface area contributed by atoms with Gasteiger partial charge in [-0.15, -0.1) is 0 Å². The number of carbonyl (C=O) groups is 1. The van der Waals surface area contributed by atoms with Crippen molar-refractivity contribution in [3.63, 3.8) is 0 Å². The molecule has 71 valence electrons. The van der Waals surface area contributed by atoms with E-state index in [1.807, 2.05) is 6.92 Å². The second-order valence-electron chi connectivity index (χ2n) is 2.74. The van der Waals surface area contributed by atoms with Crippen molar-refractivity contribution in [1.29, 1.82) is 0 Å². The Labute approximate surface area is 73.7 Å². The van der Waals surface area contributed by atoms with E-state index in [2.05, 4.69) is 0 Å². The van der Waals surface area contributed by atoms with Crippen molar-refractivity contribution >= 4 is 5.97 Å². The van der Waals surface area contributed by atoms with Crippen molar-refractivity contribution in [3.8, 4) is 0 Å². The third-order valence-corrected chi connectivity index (χ3v) is 1.54. The molecule has 0 N–H and O–H groups in total. The fraction of sp³-hybridized carbons (Fsp3) is 0.889. The van der Waals surface area contributed by atoms with Gasteiger partial charge in [0.15, 0.2) is 0 Å². The zero-order chi connectivity index (χ0) is 9.23. The second-order valence-corrected chi connectivity index (χ2v) is 2.74. The molecule has 1 radical (unpaired) electrons. The first-order valence-electron chi connectivity index (χ1n) is 4.55. The van der Waals surface area contributed by atoms with E-state index in [1.54, 1.807) is 0 Å². The molecule has 0 unspecified atom stereocenters. The van der Waals surface area contributed by atoms with Gasteiger partial charge >= 0.3 is 5.97 Å². The van der Waals surface area contributed by atoms with Gasteiger partial charge in [0.25, 0.3) is 0 Å². The summed E-state index contributed by atoms with van der Waals surface area (Å²) in [5, 5.41) is 10.0. The van der Waals surface area contributed by atoms with Crippen molar-refractivity contribution in [2.45, 2.75) is 39.0 Å². The number of hydrogen-bond donors (Lipinski definition) is 0. The van der Waals surface area contributed by atoms with Crippen LogP contribution in [0.15, 0.2) is 0 Å². The zero-order valence-corrected chi connectivity index (χ0v) is 7.67. The van der Waals surface area contributed by atoms with Crippen LogP contribution in [-0.4, -0.2) is 19.2 Å². The van der Waals surface area contributed by atoms with E-state index in [-0.39, 0.29) is 12.6 Å². The first-order valence-corrected chi connectivity index (χ1v) is 4.55. The van der Waals surface area contributed by atoms with Crippen LogP contribution in [0.5, 0.6) is 0 Å². The molecule has 0 aromatic rings. The van der Waals surface area contributed by atoms with Crippen LogP contribution >= 0.6 is 0 Å². The topological polar surface area (TPSA) is 46.2 Å². The van der Waals surface area contributed by atoms with E-state index in [9.17, 15) is 9.90 Å². The second kappa shape index (κ2) is 8.53. The molecule has 0 aromatic carbocycles. The molecule has 0 aromatic heterocycles. The average Bonchev–Trinajstić information content (AvgIpc) is 2.09. The van der Waals surface area contributed by atoms with Crippen LogP contribution in [-0.2, 0) is 14.6 Å². The molecular weight excluding hydrogens is 156 g/mol. The Hall–Kier alpha value is -0.570. The predicted molar refractivity (Wildman–Crippen MR) is 45.3 cm³/mol. The summed E-state index contributed by atoms with van der Waals surface area (Å²) in [6.07, 6.45) is 3.70. The minimum absolute atomic E-state index is 0.0769. The Morgan fingerprint density at radius 3 is 2.58 bits per heavy atom. The van der Waals surface area contributed by atoms with Gasteiger partial charge in [-0.2, -0.15) is 0 Å². The van der Waals surface area contributed by atoms with Crippen molar-refractivity contribution in [1.82, 2.24) is 0 Å². The lowest BCUT2D eigenvalue weighted by atomic mass is 10.2. The highest BCUT2D eigenvalue weighted by Gasteiger charge is 2.00. The molecule has 0 bridgehead atoms. The van der Waals surface area contributed by atoms with Gasteiger partial charge < -0.3 is 4.74 Å². The van der Waals surface area contributed by atoms with Gasteiger partial charge in [0.1, 0.15) is 0 Å². The number of rotatable bonds is 7. The van der Waals surface area contributed by atoms with Crippen molar-refractivity contribution in [2.24, 2.45) is 0 Å². The minimum Gasteiger partial charge on any atom is -0.466 e. The number of esters is 1. The SMILES string of the molecule is CCCCC(=O)OCCCC[O]. The molecule has 0 fully saturated rings. The number of unbranched alkanes of at least 4 members (excludes halogenated alkanes) is 2. The molecule has 0 spiro atoms. The Bertz CT molecular complexity index is 112. The highest BCUT2D eigenvalue weighted by molar-refractivity contribution is 5.69. The fourth-order valence-electron chi connectivity index (χ4n) is 0.783. The van der Waals surface area contributed by atoms with Crippen LogP contribution in [0.4, 0.5) is 0 Å². The molecule has 0 atom stereocenters. The Morgan fingerprint density at radius 2 is 2.00 bits per heavy atom. The standard InChI is InChI=1S/C9H17O3/c1-2-3-6-9(11)12-8-5-4-7-10/h2-8H2,1H3. The van der Waals surface area contributed by atoms with E-state index in [0.717, 1.165) is 12.8 Å². The highest BCUT2D eigenvalue weighted by Crippen LogP contribution is 1.97. The Kier molecular flexibility index (Phi) is 8.12.